The molecule has 3 N–H and O–H groups in total. The van der Waals surface area contributed by atoms with E-state index in [1.54, 1.807) is 20.1 Å². The molecule has 0 saturated carbocycles. The minimum absolute atomic E-state index is 0.0130. The Balaban J connectivity index is 3.96. The van der Waals surface area contributed by atoms with Gasteiger partial charge in [-0.15, -0.1) is 0 Å². The van der Waals surface area contributed by atoms with Crippen LogP contribution in [-0.2, 0) is 15.6 Å². The van der Waals surface area contributed by atoms with Gasteiger partial charge in [0.05, 0.1) is 0 Å². The molecule has 0 heterocycles. The molecule has 0 saturated heterocycles. The van der Waals surface area contributed by atoms with Crippen LogP contribution in [0.3, 0.4) is 0 Å². The molecule has 0 aromatic rings. The number of hydrogen-bond donors (Lipinski definition) is 3. The number of amides is 2. The lowest BCUT2D eigenvalue weighted by molar-refractivity contribution is -0.137. The highest BCUT2D eigenvalue weighted by Crippen LogP contribution is 2.10. The van der Waals surface area contributed by atoms with Gasteiger partial charge < -0.3 is 15.7 Å². The summed E-state index contributed by atoms with van der Waals surface area (Å²) in [5, 5.41) is 14.1. The first-order valence-electron chi connectivity index (χ1n) is 6.24. The molecule has 2 amide bonds. The molecule has 0 rings (SSSR count). The van der Waals surface area contributed by atoms with Gasteiger partial charge in [0, 0.05) is 40.8 Å². The highest BCUT2D eigenvalue weighted by molar-refractivity contribution is 7.84. The molecule has 0 aliphatic rings. The Labute approximate surface area is 116 Å². The highest BCUT2D eigenvalue weighted by Gasteiger charge is 2.21. The standard InChI is InChI=1S/C12H24N2O4S/c1-9(19(4)18)6-8-13-11(17)14-12(2,3)7-5-10(15)16/h9H,5-8H2,1-4H3,(H,15,16)(H2,13,14,17). The van der Waals surface area contributed by atoms with Crippen LogP contribution in [0.25, 0.3) is 0 Å². The lowest BCUT2D eigenvalue weighted by atomic mass is 9.99. The Morgan fingerprint density at radius 2 is 1.95 bits per heavy atom. The summed E-state index contributed by atoms with van der Waals surface area (Å²) in [6.45, 7) is 5.87. The molecule has 2 unspecified atom stereocenters. The van der Waals surface area contributed by atoms with E-state index in [1.807, 2.05) is 6.92 Å². The van der Waals surface area contributed by atoms with Gasteiger partial charge in [0.25, 0.3) is 0 Å². The number of carboxylic acids is 1. The van der Waals surface area contributed by atoms with Crippen molar-refractivity contribution in [1.82, 2.24) is 10.6 Å². The summed E-state index contributed by atoms with van der Waals surface area (Å²) >= 11 is 0. The summed E-state index contributed by atoms with van der Waals surface area (Å²) in [4.78, 5) is 22.1. The summed E-state index contributed by atoms with van der Waals surface area (Å²) in [5.41, 5.74) is -0.568. The normalized spacial score (nSPS) is 14.5. The van der Waals surface area contributed by atoms with Crippen LogP contribution in [0.15, 0.2) is 0 Å². The number of hydrogen-bond acceptors (Lipinski definition) is 3. The van der Waals surface area contributed by atoms with Crippen molar-refractivity contribution in [2.75, 3.05) is 12.8 Å². The molecule has 0 aliphatic heterocycles. The third kappa shape index (κ3) is 9.47. The van der Waals surface area contributed by atoms with E-state index in [4.69, 9.17) is 5.11 Å². The number of aliphatic carboxylic acids is 1. The maximum Gasteiger partial charge on any atom is 0.315 e. The number of carbonyl (C=O) groups excluding carboxylic acids is 1. The van der Waals surface area contributed by atoms with Crippen LogP contribution in [0.1, 0.15) is 40.0 Å². The second kappa shape index (κ2) is 8.14. The zero-order chi connectivity index (χ0) is 15.1. The van der Waals surface area contributed by atoms with Gasteiger partial charge in [-0.05, 0) is 26.7 Å². The minimum Gasteiger partial charge on any atom is -0.481 e. The zero-order valence-corrected chi connectivity index (χ0v) is 12.8. The van der Waals surface area contributed by atoms with Crippen LogP contribution in [0.5, 0.6) is 0 Å². The Hall–Kier alpha value is -1.11. The van der Waals surface area contributed by atoms with Gasteiger partial charge in [-0.1, -0.05) is 6.92 Å². The molecule has 0 radical (unpaired) electrons. The summed E-state index contributed by atoms with van der Waals surface area (Å²) in [6.07, 6.45) is 2.66. The number of carbonyl (C=O) groups is 2. The fraction of sp³-hybridized carbons (Fsp3) is 0.833. The van der Waals surface area contributed by atoms with E-state index in [2.05, 4.69) is 10.6 Å². The summed E-state index contributed by atoms with van der Waals surface area (Å²) in [5.74, 6) is -0.880. The van der Waals surface area contributed by atoms with Crippen LogP contribution < -0.4 is 10.6 Å². The molecule has 0 aliphatic carbocycles. The maximum absolute atomic E-state index is 11.6. The van der Waals surface area contributed by atoms with Crippen molar-refractivity contribution in [3.05, 3.63) is 0 Å². The average Bonchev–Trinajstić information content (AvgIpc) is 2.25. The van der Waals surface area contributed by atoms with Crippen molar-refractivity contribution in [2.24, 2.45) is 0 Å². The van der Waals surface area contributed by atoms with Gasteiger partial charge in [0.2, 0.25) is 0 Å². The van der Waals surface area contributed by atoms with Crippen LogP contribution in [0.2, 0.25) is 0 Å². The Morgan fingerprint density at radius 3 is 2.42 bits per heavy atom. The van der Waals surface area contributed by atoms with E-state index >= 15 is 0 Å². The molecule has 0 fully saturated rings. The van der Waals surface area contributed by atoms with Gasteiger partial charge in [0.15, 0.2) is 0 Å². The Morgan fingerprint density at radius 1 is 1.37 bits per heavy atom. The van der Waals surface area contributed by atoms with Crippen LogP contribution in [0.4, 0.5) is 4.79 Å². The van der Waals surface area contributed by atoms with Crippen molar-refractivity contribution in [3.63, 3.8) is 0 Å². The SMILES string of the molecule is CC(CCNC(=O)NC(C)(C)CCC(=O)O)S(C)=O. The molecule has 6 nitrogen and oxygen atoms in total. The third-order valence-corrected chi connectivity index (χ3v) is 4.19. The molecule has 19 heavy (non-hydrogen) atoms. The molecule has 0 aromatic carbocycles. The van der Waals surface area contributed by atoms with Crippen molar-refractivity contribution in [1.29, 1.82) is 0 Å². The predicted octanol–water partition coefficient (Wildman–Crippen LogP) is 1.09. The lowest BCUT2D eigenvalue weighted by Crippen LogP contribution is -2.49. The summed E-state index contributed by atoms with van der Waals surface area (Å²) in [6, 6.07) is -0.329. The number of urea groups is 1. The lowest BCUT2D eigenvalue weighted by Gasteiger charge is -2.25. The van der Waals surface area contributed by atoms with Crippen LogP contribution in [0, 0.1) is 0 Å². The van der Waals surface area contributed by atoms with Gasteiger partial charge in [-0.2, -0.15) is 0 Å². The molecular weight excluding hydrogens is 268 g/mol. The molecule has 112 valence electrons. The van der Waals surface area contributed by atoms with E-state index < -0.39 is 22.3 Å². The topological polar surface area (TPSA) is 95.5 Å². The van der Waals surface area contributed by atoms with Gasteiger partial charge in [-0.25, -0.2) is 4.79 Å². The highest BCUT2D eigenvalue weighted by atomic mass is 32.2. The fourth-order valence-corrected chi connectivity index (χ4v) is 1.84. The molecule has 2 atom stereocenters. The number of rotatable bonds is 8. The molecule has 0 aromatic heterocycles. The van der Waals surface area contributed by atoms with Crippen molar-refractivity contribution in [2.45, 2.75) is 50.8 Å². The van der Waals surface area contributed by atoms with Gasteiger partial charge >= 0.3 is 12.0 Å². The van der Waals surface area contributed by atoms with Crippen molar-refractivity contribution >= 4 is 22.8 Å². The molecule has 0 spiro atoms. The number of nitrogens with one attached hydrogen (secondary N) is 2. The van der Waals surface area contributed by atoms with E-state index in [1.165, 1.54) is 0 Å². The van der Waals surface area contributed by atoms with Crippen molar-refractivity contribution < 1.29 is 18.9 Å². The minimum atomic E-state index is -0.889. The monoisotopic (exact) mass is 292 g/mol. The third-order valence-electron chi connectivity index (χ3n) is 2.82. The fourth-order valence-electron chi connectivity index (χ4n) is 1.39. The average molecular weight is 292 g/mol. The van der Waals surface area contributed by atoms with Crippen LogP contribution >= 0.6 is 0 Å². The van der Waals surface area contributed by atoms with Gasteiger partial charge in [0.1, 0.15) is 0 Å². The first kappa shape index (κ1) is 17.9. The zero-order valence-electron chi connectivity index (χ0n) is 12.0. The summed E-state index contributed by atoms with van der Waals surface area (Å²) in [7, 11) is -0.889. The molecular formula is C12H24N2O4S. The van der Waals surface area contributed by atoms with E-state index in [9.17, 15) is 13.8 Å². The smallest absolute Gasteiger partial charge is 0.315 e. The van der Waals surface area contributed by atoms with E-state index in [0.29, 0.717) is 19.4 Å². The largest absolute Gasteiger partial charge is 0.481 e. The Kier molecular flexibility index (Phi) is 7.66. The van der Waals surface area contributed by atoms with Gasteiger partial charge in [-0.3, -0.25) is 9.00 Å². The summed E-state index contributed by atoms with van der Waals surface area (Å²) < 4.78 is 11.1. The van der Waals surface area contributed by atoms with Crippen LogP contribution in [-0.4, -0.2) is 44.9 Å². The van der Waals surface area contributed by atoms with E-state index in [0.717, 1.165) is 0 Å². The maximum atomic E-state index is 11.6. The van der Waals surface area contributed by atoms with Crippen molar-refractivity contribution in [3.8, 4) is 0 Å². The quantitative estimate of drug-likeness (QED) is 0.624. The first-order chi connectivity index (χ1) is 8.64. The van der Waals surface area contributed by atoms with E-state index in [-0.39, 0.29) is 17.7 Å². The number of carboxylic acid groups (broad SMARTS) is 1. The predicted molar refractivity (Wildman–Crippen MR) is 75.6 cm³/mol. The second-order valence-corrected chi connectivity index (χ2v) is 7.06. The second-order valence-electron chi connectivity index (χ2n) is 5.26. The Bertz CT molecular complexity index is 345. The molecule has 7 heteroatoms. The first-order valence-corrected chi connectivity index (χ1v) is 7.86. The molecule has 0 bridgehead atoms.